The van der Waals surface area contributed by atoms with Crippen LogP contribution < -0.4 is 5.56 Å². The van der Waals surface area contributed by atoms with Gasteiger partial charge in [0.1, 0.15) is 0 Å². The Labute approximate surface area is 87.5 Å². The van der Waals surface area contributed by atoms with Gasteiger partial charge >= 0.3 is 0 Å². The Hall–Kier alpha value is -0.770. The topological polar surface area (TPSA) is 34.9 Å². The molecule has 0 aliphatic carbocycles. The van der Waals surface area contributed by atoms with Gasteiger partial charge in [0, 0.05) is 23.8 Å². The van der Waals surface area contributed by atoms with Gasteiger partial charge in [-0.25, -0.2) is 4.98 Å². The Morgan fingerprint density at radius 1 is 1.50 bits per heavy atom. The van der Waals surface area contributed by atoms with Gasteiger partial charge in [0.15, 0.2) is 5.16 Å². The summed E-state index contributed by atoms with van der Waals surface area (Å²) in [5.41, 5.74) is 0.936. The van der Waals surface area contributed by atoms with E-state index in [0.29, 0.717) is 0 Å². The molecule has 1 aliphatic rings. The van der Waals surface area contributed by atoms with Crippen LogP contribution in [0.5, 0.6) is 0 Å². The van der Waals surface area contributed by atoms with Crippen LogP contribution in [0.1, 0.15) is 26.5 Å². The Morgan fingerprint density at radius 3 is 2.86 bits per heavy atom. The summed E-state index contributed by atoms with van der Waals surface area (Å²) in [5.74, 6) is 0.968. The first-order valence-electron chi connectivity index (χ1n) is 4.73. The van der Waals surface area contributed by atoms with Crippen molar-refractivity contribution in [1.82, 2.24) is 9.55 Å². The summed E-state index contributed by atoms with van der Waals surface area (Å²) in [5, 5.41) is 0.877. The number of rotatable bonds is 0. The number of nitrogens with zero attached hydrogens (tertiary/aromatic N) is 2. The third-order valence-electron chi connectivity index (χ3n) is 2.29. The molecule has 2 heterocycles. The fourth-order valence-corrected chi connectivity index (χ4v) is 2.37. The molecule has 0 N–H and O–H groups in total. The number of hydrogen-bond donors (Lipinski definition) is 0. The highest BCUT2D eigenvalue weighted by Gasteiger charge is 2.21. The molecule has 1 aliphatic heterocycles. The maximum atomic E-state index is 11.7. The van der Waals surface area contributed by atoms with Crippen molar-refractivity contribution in [3.05, 3.63) is 22.1 Å². The van der Waals surface area contributed by atoms with E-state index in [1.807, 2.05) is 0 Å². The van der Waals surface area contributed by atoms with Crippen LogP contribution in [0.2, 0.25) is 0 Å². The molecule has 0 spiro atoms. The standard InChI is InChI=1S/C10H14N2OS/c1-10(2,3)7-6-8(13)12-4-5-14-9(12)11-7/h6H,4-5H2,1-3H3. The fraction of sp³-hybridized carbons (Fsp3) is 0.600. The van der Waals surface area contributed by atoms with Gasteiger partial charge in [0.05, 0.1) is 5.69 Å². The van der Waals surface area contributed by atoms with Gasteiger partial charge in [-0.15, -0.1) is 0 Å². The quantitative estimate of drug-likeness (QED) is 0.611. The molecule has 0 saturated heterocycles. The van der Waals surface area contributed by atoms with E-state index in [1.165, 1.54) is 0 Å². The Morgan fingerprint density at radius 2 is 2.21 bits per heavy atom. The molecule has 0 saturated carbocycles. The molecule has 0 unspecified atom stereocenters. The van der Waals surface area contributed by atoms with Crippen LogP contribution in [0.15, 0.2) is 16.0 Å². The van der Waals surface area contributed by atoms with Gasteiger partial charge in [-0.3, -0.25) is 9.36 Å². The lowest BCUT2D eigenvalue weighted by Gasteiger charge is -2.17. The number of aromatic nitrogens is 2. The highest BCUT2D eigenvalue weighted by atomic mass is 32.2. The summed E-state index contributed by atoms with van der Waals surface area (Å²) in [7, 11) is 0. The average molecular weight is 210 g/mol. The Kier molecular flexibility index (Phi) is 2.18. The molecule has 0 fully saturated rings. The average Bonchev–Trinajstić information content (AvgIpc) is 2.50. The second-order valence-corrected chi connectivity index (χ2v) is 5.57. The van der Waals surface area contributed by atoms with Crippen molar-refractivity contribution in [2.45, 2.75) is 37.9 Å². The van der Waals surface area contributed by atoms with Crippen molar-refractivity contribution in [3.63, 3.8) is 0 Å². The van der Waals surface area contributed by atoms with Gasteiger partial charge in [-0.2, -0.15) is 0 Å². The minimum absolute atomic E-state index is 0.0438. The van der Waals surface area contributed by atoms with Crippen LogP contribution in [0.25, 0.3) is 0 Å². The summed E-state index contributed by atoms with van der Waals surface area (Å²) in [4.78, 5) is 16.2. The number of fused-ring (bicyclic) bond motifs is 1. The summed E-state index contributed by atoms with van der Waals surface area (Å²) >= 11 is 1.66. The Balaban J connectivity index is 2.58. The van der Waals surface area contributed by atoms with Crippen LogP contribution in [-0.4, -0.2) is 15.3 Å². The molecule has 76 valence electrons. The molecule has 14 heavy (non-hydrogen) atoms. The third-order valence-corrected chi connectivity index (χ3v) is 3.24. The largest absolute Gasteiger partial charge is 0.287 e. The predicted molar refractivity (Wildman–Crippen MR) is 57.9 cm³/mol. The molecular weight excluding hydrogens is 196 g/mol. The lowest BCUT2D eigenvalue weighted by Crippen LogP contribution is -2.25. The zero-order valence-electron chi connectivity index (χ0n) is 8.70. The molecule has 0 atom stereocenters. The third kappa shape index (κ3) is 1.59. The van der Waals surface area contributed by atoms with Crippen molar-refractivity contribution in [3.8, 4) is 0 Å². The van der Waals surface area contributed by atoms with Crippen molar-refractivity contribution < 1.29 is 0 Å². The minimum atomic E-state index is -0.0438. The van der Waals surface area contributed by atoms with Gasteiger partial charge < -0.3 is 0 Å². The molecule has 3 nitrogen and oxygen atoms in total. The first kappa shape index (κ1) is 9.77. The van der Waals surface area contributed by atoms with Gasteiger partial charge in [-0.05, 0) is 0 Å². The van der Waals surface area contributed by atoms with Crippen molar-refractivity contribution in [2.24, 2.45) is 0 Å². The van der Waals surface area contributed by atoms with E-state index in [1.54, 1.807) is 22.4 Å². The molecule has 1 aromatic rings. The Bertz CT molecular complexity index is 417. The van der Waals surface area contributed by atoms with Crippen LogP contribution in [0.4, 0.5) is 0 Å². The van der Waals surface area contributed by atoms with E-state index in [4.69, 9.17) is 0 Å². The lowest BCUT2D eigenvalue weighted by atomic mass is 9.92. The van der Waals surface area contributed by atoms with E-state index in [2.05, 4.69) is 25.8 Å². The second kappa shape index (κ2) is 3.12. The first-order valence-corrected chi connectivity index (χ1v) is 5.72. The fourth-order valence-electron chi connectivity index (χ4n) is 1.41. The molecule has 0 amide bonds. The van der Waals surface area contributed by atoms with E-state index in [9.17, 15) is 4.79 Å². The summed E-state index contributed by atoms with van der Waals surface area (Å²) in [6.45, 7) is 7.03. The zero-order valence-corrected chi connectivity index (χ0v) is 9.52. The molecule has 0 radical (unpaired) electrons. The molecule has 4 heteroatoms. The molecule has 0 aromatic carbocycles. The summed E-state index contributed by atoms with van der Waals surface area (Å²) < 4.78 is 1.75. The maximum Gasteiger partial charge on any atom is 0.254 e. The predicted octanol–water partition coefficient (Wildman–Crippen LogP) is 1.65. The van der Waals surface area contributed by atoms with E-state index < -0.39 is 0 Å². The molecule has 0 bridgehead atoms. The maximum absolute atomic E-state index is 11.7. The number of hydrogen-bond acceptors (Lipinski definition) is 3. The summed E-state index contributed by atoms with van der Waals surface area (Å²) in [6, 6.07) is 1.66. The van der Waals surface area contributed by atoms with Crippen LogP contribution in [0.3, 0.4) is 0 Å². The van der Waals surface area contributed by atoms with E-state index >= 15 is 0 Å². The smallest absolute Gasteiger partial charge is 0.254 e. The summed E-state index contributed by atoms with van der Waals surface area (Å²) in [6.07, 6.45) is 0. The second-order valence-electron chi connectivity index (χ2n) is 4.51. The number of thioether (sulfide) groups is 1. The SMILES string of the molecule is CC(C)(C)c1cc(=O)n2c(n1)SCC2. The van der Waals surface area contributed by atoms with Gasteiger partial charge in [-0.1, -0.05) is 32.5 Å². The minimum Gasteiger partial charge on any atom is -0.287 e. The monoisotopic (exact) mass is 210 g/mol. The van der Waals surface area contributed by atoms with Gasteiger partial charge in [0.25, 0.3) is 5.56 Å². The van der Waals surface area contributed by atoms with E-state index in [0.717, 1.165) is 23.1 Å². The molecule has 2 rings (SSSR count). The first-order chi connectivity index (χ1) is 6.48. The highest BCUT2D eigenvalue weighted by molar-refractivity contribution is 7.99. The van der Waals surface area contributed by atoms with Crippen molar-refractivity contribution >= 4 is 11.8 Å². The lowest BCUT2D eigenvalue weighted by molar-refractivity contribution is 0.537. The van der Waals surface area contributed by atoms with Crippen LogP contribution in [-0.2, 0) is 12.0 Å². The van der Waals surface area contributed by atoms with E-state index in [-0.39, 0.29) is 11.0 Å². The highest BCUT2D eigenvalue weighted by Crippen LogP contribution is 2.25. The molecule has 1 aromatic heterocycles. The normalized spacial score (nSPS) is 15.6. The van der Waals surface area contributed by atoms with Crippen molar-refractivity contribution in [2.75, 3.05) is 5.75 Å². The van der Waals surface area contributed by atoms with Gasteiger partial charge in [0.2, 0.25) is 0 Å². The van der Waals surface area contributed by atoms with Crippen LogP contribution >= 0.6 is 11.8 Å². The molecular formula is C10H14N2OS. The zero-order chi connectivity index (χ0) is 10.3. The van der Waals surface area contributed by atoms with Crippen LogP contribution in [0, 0.1) is 0 Å². The van der Waals surface area contributed by atoms with Crippen molar-refractivity contribution in [1.29, 1.82) is 0 Å².